The van der Waals surface area contributed by atoms with Gasteiger partial charge in [-0.1, -0.05) is 68.7 Å². The molecule has 196 valence electrons. The Bertz CT molecular complexity index is 1330. The lowest BCUT2D eigenvalue weighted by molar-refractivity contribution is 0.594. The summed E-state index contributed by atoms with van der Waals surface area (Å²) < 4.78 is 2.44. The van der Waals surface area contributed by atoms with Crippen molar-refractivity contribution >= 4 is 27.8 Å². The zero-order valence-electron chi connectivity index (χ0n) is 23.1. The van der Waals surface area contributed by atoms with Crippen molar-refractivity contribution in [3.05, 3.63) is 65.5 Å². The van der Waals surface area contributed by atoms with E-state index in [1.807, 2.05) is 0 Å². The first-order chi connectivity index (χ1) is 17.9. The number of anilines is 1. The zero-order chi connectivity index (χ0) is 25.8. The van der Waals surface area contributed by atoms with Crippen LogP contribution in [0.15, 0.2) is 48.5 Å². The third-order valence-electron chi connectivity index (χ3n) is 7.27. The van der Waals surface area contributed by atoms with Crippen LogP contribution in [0.1, 0.15) is 83.2 Å². The lowest BCUT2D eigenvalue weighted by atomic mass is 10.1. The summed E-state index contributed by atoms with van der Waals surface area (Å²) in [5.74, 6) is 3.05. The molecule has 37 heavy (non-hydrogen) atoms. The van der Waals surface area contributed by atoms with E-state index in [0.717, 1.165) is 67.5 Å². The predicted octanol–water partition coefficient (Wildman–Crippen LogP) is 7.47. The Kier molecular flexibility index (Phi) is 7.80. The van der Waals surface area contributed by atoms with Gasteiger partial charge in [-0.15, -0.1) is 0 Å². The maximum atomic E-state index is 5.20. The number of hydrogen-bond acceptors (Lipinski definition) is 4. The lowest BCUT2D eigenvalue weighted by Gasteiger charge is -2.22. The van der Waals surface area contributed by atoms with Crippen LogP contribution >= 0.6 is 0 Å². The van der Waals surface area contributed by atoms with Crippen LogP contribution in [0.2, 0.25) is 0 Å². The lowest BCUT2D eigenvalue weighted by Crippen LogP contribution is -2.26. The van der Waals surface area contributed by atoms with Crippen LogP contribution < -0.4 is 10.6 Å². The molecule has 1 fully saturated rings. The second kappa shape index (κ2) is 11.2. The van der Waals surface area contributed by atoms with Crippen molar-refractivity contribution in [1.29, 1.82) is 0 Å². The second-order valence-corrected chi connectivity index (χ2v) is 11.8. The van der Waals surface area contributed by atoms with Gasteiger partial charge >= 0.3 is 0 Å². The van der Waals surface area contributed by atoms with Gasteiger partial charge in [0.1, 0.15) is 11.3 Å². The van der Waals surface area contributed by atoms with Crippen molar-refractivity contribution in [2.75, 3.05) is 11.9 Å². The SMILES string of the molecule is CCCCc1nc2c(NC(C)(C)C)nc3ccccc3c2n1Cc1ccc(CNCCCC2CC2)cc1. The molecule has 2 aromatic carbocycles. The smallest absolute Gasteiger partial charge is 0.155 e. The van der Waals surface area contributed by atoms with E-state index >= 15 is 0 Å². The minimum Gasteiger partial charge on any atom is -0.364 e. The van der Waals surface area contributed by atoms with Gasteiger partial charge in [-0.05, 0) is 69.7 Å². The number of aromatic nitrogens is 3. The van der Waals surface area contributed by atoms with Crippen LogP contribution in [0.4, 0.5) is 5.82 Å². The minimum atomic E-state index is -0.0997. The molecule has 0 spiro atoms. The Morgan fingerprint density at radius 1 is 0.946 bits per heavy atom. The fourth-order valence-electron chi connectivity index (χ4n) is 5.12. The molecule has 1 aliphatic carbocycles. The molecule has 0 bridgehead atoms. The van der Waals surface area contributed by atoms with Crippen molar-refractivity contribution in [2.45, 2.75) is 91.3 Å². The summed E-state index contributed by atoms with van der Waals surface area (Å²) in [6, 6.07) is 17.6. The van der Waals surface area contributed by atoms with Crippen LogP contribution in [0.5, 0.6) is 0 Å². The maximum Gasteiger partial charge on any atom is 0.155 e. The largest absolute Gasteiger partial charge is 0.364 e. The molecule has 0 radical (unpaired) electrons. The Balaban J connectivity index is 1.44. The molecular weight excluding hydrogens is 454 g/mol. The van der Waals surface area contributed by atoms with Crippen LogP contribution in [0.25, 0.3) is 21.9 Å². The number of pyridine rings is 1. The van der Waals surface area contributed by atoms with E-state index in [4.69, 9.17) is 9.97 Å². The highest BCUT2D eigenvalue weighted by atomic mass is 15.1. The minimum absolute atomic E-state index is 0.0997. The van der Waals surface area contributed by atoms with Crippen LogP contribution in [0, 0.1) is 5.92 Å². The first-order valence-electron chi connectivity index (χ1n) is 14.3. The van der Waals surface area contributed by atoms with E-state index in [2.05, 4.69) is 91.4 Å². The van der Waals surface area contributed by atoms with Gasteiger partial charge in [0.2, 0.25) is 0 Å². The van der Waals surface area contributed by atoms with Gasteiger partial charge in [-0.25, -0.2) is 9.97 Å². The number of para-hydroxylation sites is 1. The summed E-state index contributed by atoms with van der Waals surface area (Å²) in [6.07, 6.45) is 8.84. The predicted molar refractivity (Wildman–Crippen MR) is 156 cm³/mol. The van der Waals surface area contributed by atoms with Gasteiger partial charge in [0.05, 0.1) is 11.0 Å². The van der Waals surface area contributed by atoms with Crippen molar-refractivity contribution in [3.63, 3.8) is 0 Å². The van der Waals surface area contributed by atoms with E-state index < -0.39 is 0 Å². The van der Waals surface area contributed by atoms with Gasteiger partial charge in [0, 0.05) is 30.4 Å². The number of fused-ring (bicyclic) bond motifs is 3. The first-order valence-corrected chi connectivity index (χ1v) is 14.3. The molecule has 2 heterocycles. The molecule has 2 aromatic heterocycles. The molecular formula is C32H43N5. The molecule has 0 unspecified atom stereocenters. The highest BCUT2D eigenvalue weighted by Gasteiger charge is 2.21. The molecule has 0 aliphatic heterocycles. The van der Waals surface area contributed by atoms with Crippen LogP contribution in [0.3, 0.4) is 0 Å². The molecule has 0 atom stereocenters. The number of nitrogens with zero attached hydrogens (tertiary/aromatic N) is 3. The normalized spacial score (nSPS) is 14.1. The van der Waals surface area contributed by atoms with Crippen molar-refractivity contribution in [2.24, 2.45) is 5.92 Å². The number of rotatable bonds is 12. The molecule has 5 rings (SSSR count). The average Bonchev–Trinajstić information content (AvgIpc) is 3.63. The zero-order valence-corrected chi connectivity index (χ0v) is 23.1. The summed E-state index contributed by atoms with van der Waals surface area (Å²) >= 11 is 0. The standard InChI is InChI=1S/C32H43N5/c1-5-6-13-28-35-29-30(26-11-7-8-12-27(26)34-31(29)36-32(2,3)4)37(28)22-25-18-16-24(17-19-25)21-33-20-9-10-23-14-15-23/h7-8,11-12,16-19,23,33H,5-6,9-10,13-15,20-22H2,1-4H3,(H,34,36). The van der Waals surface area contributed by atoms with Gasteiger partial charge in [-0.2, -0.15) is 0 Å². The van der Waals surface area contributed by atoms with E-state index in [1.165, 1.54) is 47.7 Å². The fraction of sp³-hybridized carbons (Fsp3) is 0.500. The third-order valence-corrected chi connectivity index (χ3v) is 7.27. The summed E-state index contributed by atoms with van der Waals surface area (Å²) in [7, 11) is 0. The van der Waals surface area contributed by atoms with E-state index in [0.29, 0.717) is 0 Å². The molecule has 0 saturated heterocycles. The van der Waals surface area contributed by atoms with E-state index in [-0.39, 0.29) is 5.54 Å². The number of benzene rings is 2. The molecule has 0 amide bonds. The molecule has 4 aromatic rings. The average molecular weight is 498 g/mol. The third kappa shape index (κ3) is 6.51. The Morgan fingerprint density at radius 2 is 1.70 bits per heavy atom. The summed E-state index contributed by atoms with van der Waals surface area (Å²) in [5.41, 5.74) is 5.73. The van der Waals surface area contributed by atoms with Crippen molar-refractivity contribution in [3.8, 4) is 0 Å². The Hall–Kier alpha value is -2.92. The van der Waals surface area contributed by atoms with E-state index in [9.17, 15) is 0 Å². The number of unbranched alkanes of at least 4 members (excludes halogenated alkanes) is 1. The van der Waals surface area contributed by atoms with Gasteiger partial charge in [-0.3, -0.25) is 0 Å². The van der Waals surface area contributed by atoms with Gasteiger partial charge < -0.3 is 15.2 Å². The van der Waals surface area contributed by atoms with E-state index in [1.54, 1.807) is 0 Å². The molecule has 1 saturated carbocycles. The summed E-state index contributed by atoms with van der Waals surface area (Å²) in [5, 5.41) is 8.42. The molecule has 5 nitrogen and oxygen atoms in total. The van der Waals surface area contributed by atoms with Gasteiger partial charge in [0.15, 0.2) is 5.82 Å². The summed E-state index contributed by atoms with van der Waals surface area (Å²) in [6.45, 7) is 11.6. The number of imidazole rings is 1. The quantitative estimate of drug-likeness (QED) is 0.199. The number of nitrogens with one attached hydrogen (secondary N) is 2. The maximum absolute atomic E-state index is 5.20. The van der Waals surface area contributed by atoms with Gasteiger partial charge in [0.25, 0.3) is 0 Å². The molecule has 2 N–H and O–H groups in total. The highest BCUT2D eigenvalue weighted by molar-refractivity contribution is 6.07. The highest BCUT2D eigenvalue weighted by Crippen LogP contribution is 2.34. The molecule has 1 aliphatic rings. The second-order valence-electron chi connectivity index (χ2n) is 11.8. The number of aryl methyl sites for hydroxylation is 1. The van der Waals surface area contributed by atoms with Crippen molar-refractivity contribution in [1.82, 2.24) is 19.9 Å². The van der Waals surface area contributed by atoms with Crippen LogP contribution in [-0.4, -0.2) is 26.6 Å². The topological polar surface area (TPSA) is 54.8 Å². The Morgan fingerprint density at radius 3 is 2.43 bits per heavy atom. The van der Waals surface area contributed by atoms with Crippen LogP contribution in [-0.2, 0) is 19.5 Å². The fourth-order valence-corrected chi connectivity index (χ4v) is 5.12. The first kappa shape index (κ1) is 25.7. The summed E-state index contributed by atoms with van der Waals surface area (Å²) in [4.78, 5) is 10.2. The molecule has 5 heteroatoms. The Labute approximate surface area is 222 Å². The monoisotopic (exact) mass is 497 g/mol. The number of hydrogen-bond donors (Lipinski definition) is 2. The van der Waals surface area contributed by atoms with Crippen molar-refractivity contribution < 1.29 is 0 Å².